The van der Waals surface area contributed by atoms with Crippen molar-refractivity contribution in [1.82, 2.24) is 10.6 Å². The molecule has 4 nitrogen and oxygen atoms in total. The summed E-state index contributed by atoms with van der Waals surface area (Å²) < 4.78 is 5.36. The molecule has 2 N–H and O–H groups in total. The Morgan fingerprint density at radius 1 is 1.25 bits per heavy atom. The molecule has 0 saturated heterocycles. The van der Waals surface area contributed by atoms with E-state index >= 15 is 0 Å². The summed E-state index contributed by atoms with van der Waals surface area (Å²) in [5.74, 6) is 1.19. The van der Waals surface area contributed by atoms with E-state index in [2.05, 4.69) is 24.5 Å². The minimum atomic E-state index is -0.426. The van der Waals surface area contributed by atoms with Gasteiger partial charge >= 0.3 is 6.09 Å². The van der Waals surface area contributed by atoms with E-state index in [0.29, 0.717) is 11.8 Å². The molecule has 2 atom stereocenters. The highest BCUT2D eigenvalue weighted by atomic mass is 16.6. The van der Waals surface area contributed by atoms with Gasteiger partial charge in [0.1, 0.15) is 5.60 Å². The summed E-state index contributed by atoms with van der Waals surface area (Å²) in [6.45, 7) is 12.1. The van der Waals surface area contributed by atoms with E-state index in [-0.39, 0.29) is 12.1 Å². The lowest BCUT2D eigenvalue weighted by Crippen LogP contribution is -2.47. The van der Waals surface area contributed by atoms with Crippen LogP contribution in [-0.4, -0.2) is 30.8 Å². The highest BCUT2D eigenvalue weighted by molar-refractivity contribution is 5.68. The van der Waals surface area contributed by atoms with Crippen LogP contribution in [0.15, 0.2) is 0 Å². The average molecular weight is 284 g/mol. The lowest BCUT2D eigenvalue weighted by Gasteiger charge is -2.33. The molecule has 0 aromatic heterocycles. The van der Waals surface area contributed by atoms with E-state index < -0.39 is 5.60 Å². The third-order valence-electron chi connectivity index (χ3n) is 3.57. The van der Waals surface area contributed by atoms with Crippen LogP contribution in [0.4, 0.5) is 4.79 Å². The van der Waals surface area contributed by atoms with Gasteiger partial charge in [-0.15, -0.1) is 0 Å². The maximum absolute atomic E-state index is 11.9. The Morgan fingerprint density at radius 3 is 2.50 bits per heavy atom. The fourth-order valence-electron chi connectivity index (χ4n) is 2.66. The van der Waals surface area contributed by atoms with Crippen LogP contribution in [0.1, 0.15) is 60.3 Å². The molecule has 1 fully saturated rings. The highest BCUT2D eigenvalue weighted by Crippen LogP contribution is 2.24. The summed E-state index contributed by atoms with van der Waals surface area (Å²) in [7, 11) is 0. The van der Waals surface area contributed by atoms with Crippen molar-refractivity contribution in [3.63, 3.8) is 0 Å². The number of nitrogens with one attached hydrogen (secondary N) is 2. The molecule has 2 unspecified atom stereocenters. The number of amides is 1. The summed E-state index contributed by atoms with van der Waals surface area (Å²) in [5, 5.41) is 6.58. The van der Waals surface area contributed by atoms with Gasteiger partial charge in [0.25, 0.3) is 0 Å². The zero-order chi connectivity index (χ0) is 15.2. The van der Waals surface area contributed by atoms with E-state index in [9.17, 15) is 4.79 Å². The third kappa shape index (κ3) is 7.13. The van der Waals surface area contributed by atoms with Crippen LogP contribution in [0.3, 0.4) is 0 Å². The van der Waals surface area contributed by atoms with Gasteiger partial charge < -0.3 is 15.4 Å². The largest absolute Gasteiger partial charge is 0.444 e. The Hall–Kier alpha value is -0.770. The molecule has 4 heteroatoms. The first-order valence-corrected chi connectivity index (χ1v) is 7.98. The Labute approximate surface area is 124 Å². The zero-order valence-electron chi connectivity index (χ0n) is 13.8. The smallest absolute Gasteiger partial charge is 0.407 e. The average Bonchev–Trinajstić information content (AvgIpc) is 2.28. The summed E-state index contributed by atoms with van der Waals surface area (Å²) in [6.07, 6.45) is 4.43. The van der Waals surface area contributed by atoms with Crippen LogP contribution >= 0.6 is 0 Å². The predicted molar refractivity (Wildman–Crippen MR) is 82.8 cm³/mol. The lowest BCUT2D eigenvalue weighted by atomic mass is 9.84. The summed E-state index contributed by atoms with van der Waals surface area (Å²) in [4.78, 5) is 11.9. The monoisotopic (exact) mass is 284 g/mol. The molecule has 1 rings (SSSR count). The van der Waals surface area contributed by atoms with Gasteiger partial charge in [-0.1, -0.05) is 26.7 Å². The zero-order valence-corrected chi connectivity index (χ0v) is 13.8. The van der Waals surface area contributed by atoms with Gasteiger partial charge in [-0.3, -0.25) is 0 Å². The molecular weight excluding hydrogens is 252 g/mol. The van der Waals surface area contributed by atoms with Gasteiger partial charge in [-0.25, -0.2) is 4.79 Å². The molecule has 0 spiro atoms. The van der Waals surface area contributed by atoms with E-state index in [1.165, 1.54) is 19.3 Å². The number of ether oxygens (including phenoxy) is 1. The number of carbonyl (C=O) groups excluding carboxylic acids is 1. The molecule has 0 aromatic rings. The number of carbonyl (C=O) groups is 1. The van der Waals surface area contributed by atoms with Gasteiger partial charge in [0.15, 0.2) is 0 Å². The van der Waals surface area contributed by atoms with Gasteiger partial charge in [0, 0.05) is 6.04 Å². The van der Waals surface area contributed by atoms with Gasteiger partial charge in [-0.2, -0.15) is 0 Å². The Kier molecular flexibility index (Phi) is 6.80. The van der Waals surface area contributed by atoms with Crippen LogP contribution in [0, 0.1) is 11.8 Å². The first kappa shape index (κ1) is 17.3. The first-order chi connectivity index (χ1) is 9.28. The molecule has 1 amide bonds. The Balaban J connectivity index is 2.41. The lowest BCUT2D eigenvalue weighted by molar-refractivity contribution is 0.0469. The second-order valence-corrected chi connectivity index (χ2v) is 7.35. The predicted octanol–water partition coefficient (Wildman–Crippen LogP) is 3.32. The van der Waals surface area contributed by atoms with Gasteiger partial charge in [0.05, 0.1) is 0 Å². The van der Waals surface area contributed by atoms with E-state index in [1.807, 2.05) is 20.8 Å². The molecule has 1 saturated carbocycles. The maximum Gasteiger partial charge on any atom is 0.407 e. The standard InChI is InChI=1S/C16H32N2O2/c1-12(2)10-17-11-13-8-6-7-9-14(13)18-15(19)20-16(3,4)5/h12-14,17H,6-11H2,1-5H3,(H,18,19). The second kappa shape index (κ2) is 7.87. The van der Waals surface area contributed by atoms with Crippen molar-refractivity contribution in [2.45, 2.75) is 71.9 Å². The molecule has 20 heavy (non-hydrogen) atoms. The second-order valence-electron chi connectivity index (χ2n) is 7.35. The molecule has 0 radical (unpaired) electrons. The topological polar surface area (TPSA) is 50.4 Å². The fraction of sp³-hybridized carbons (Fsp3) is 0.938. The van der Waals surface area contributed by atoms with E-state index in [0.717, 1.165) is 19.5 Å². The van der Waals surface area contributed by atoms with E-state index in [4.69, 9.17) is 4.74 Å². The molecule has 0 aromatic carbocycles. The SMILES string of the molecule is CC(C)CNCC1CCCCC1NC(=O)OC(C)(C)C. The molecule has 118 valence electrons. The van der Waals surface area contributed by atoms with Gasteiger partial charge in [0.2, 0.25) is 0 Å². The quantitative estimate of drug-likeness (QED) is 0.814. The number of alkyl carbamates (subject to hydrolysis) is 1. The molecule has 1 aliphatic rings. The van der Waals surface area contributed by atoms with Gasteiger partial charge in [-0.05, 0) is 58.5 Å². The molecule has 0 bridgehead atoms. The van der Waals surface area contributed by atoms with Crippen molar-refractivity contribution in [2.75, 3.05) is 13.1 Å². The maximum atomic E-state index is 11.9. The summed E-state index contributed by atoms with van der Waals surface area (Å²) >= 11 is 0. The Bertz CT molecular complexity index is 297. The number of rotatable bonds is 5. The fourth-order valence-corrected chi connectivity index (χ4v) is 2.66. The van der Waals surface area contributed by atoms with Crippen molar-refractivity contribution in [3.05, 3.63) is 0 Å². The summed E-state index contributed by atoms with van der Waals surface area (Å²) in [6, 6.07) is 0.248. The summed E-state index contributed by atoms with van der Waals surface area (Å²) in [5.41, 5.74) is -0.426. The van der Waals surface area contributed by atoms with Crippen LogP contribution < -0.4 is 10.6 Å². The number of hydrogen-bond acceptors (Lipinski definition) is 3. The van der Waals surface area contributed by atoms with Crippen LogP contribution in [0.25, 0.3) is 0 Å². The first-order valence-electron chi connectivity index (χ1n) is 7.98. The minimum absolute atomic E-state index is 0.248. The minimum Gasteiger partial charge on any atom is -0.444 e. The number of hydrogen-bond donors (Lipinski definition) is 2. The van der Waals surface area contributed by atoms with Crippen LogP contribution in [0.2, 0.25) is 0 Å². The van der Waals surface area contributed by atoms with Crippen molar-refractivity contribution in [3.8, 4) is 0 Å². The van der Waals surface area contributed by atoms with Crippen molar-refractivity contribution >= 4 is 6.09 Å². The molecule has 1 aliphatic carbocycles. The van der Waals surface area contributed by atoms with Crippen LogP contribution in [0.5, 0.6) is 0 Å². The third-order valence-corrected chi connectivity index (χ3v) is 3.57. The normalized spacial score (nSPS) is 23.7. The van der Waals surface area contributed by atoms with Crippen molar-refractivity contribution < 1.29 is 9.53 Å². The van der Waals surface area contributed by atoms with Crippen LogP contribution in [-0.2, 0) is 4.74 Å². The van der Waals surface area contributed by atoms with E-state index in [1.54, 1.807) is 0 Å². The van der Waals surface area contributed by atoms with Crippen molar-refractivity contribution in [1.29, 1.82) is 0 Å². The molecular formula is C16H32N2O2. The Morgan fingerprint density at radius 2 is 1.90 bits per heavy atom. The van der Waals surface area contributed by atoms with Crippen molar-refractivity contribution in [2.24, 2.45) is 11.8 Å². The molecule has 0 aliphatic heterocycles. The molecule has 0 heterocycles. The highest BCUT2D eigenvalue weighted by Gasteiger charge is 2.28.